The molecule has 0 atom stereocenters. The Bertz CT molecular complexity index is 978. The molecule has 0 spiro atoms. The maximum Gasteiger partial charge on any atom is 0.262 e. The Kier molecular flexibility index (Phi) is 6.13. The minimum Gasteiger partial charge on any atom is -0.497 e. The molecule has 2 aromatic carbocycles. The maximum absolute atomic E-state index is 13.0. The van der Waals surface area contributed by atoms with Crippen LogP contribution in [0.2, 0.25) is 0 Å². The monoisotopic (exact) mass is 422 g/mol. The van der Waals surface area contributed by atoms with Gasteiger partial charge in [0.1, 0.15) is 5.75 Å². The summed E-state index contributed by atoms with van der Waals surface area (Å²) < 4.78 is 5.18. The van der Waals surface area contributed by atoms with Crippen molar-refractivity contribution < 1.29 is 14.3 Å². The number of nitrogens with one attached hydrogen (secondary N) is 1. The number of methoxy groups -OCH3 is 1. The fraction of sp³-hybridized carbons (Fsp3) is 0.333. The lowest BCUT2D eigenvalue weighted by Crippen LogP contribution is -2.38. The first-order valence-electron chi connectivity index (χ1n) is 10.3. The summed E-state index contributed by atoms with van der Waals surface area (Å²) in [5, 5.41) is 2.94. The van der Waals surface area contributed by atoms with Gasteiger partial charge < -0.3 is 15.0 Å². The molecule has 1 aliphatic carbocycles. The highest BCUT2D eigenvalue weighted by Gasteiger charge is 2.26. The summed E-state index contributed by atoms with van der Waals surface area (Å²) in [4.78, 5) is 29.0. The van der Waals surface area contributed by atoms with Crippen molar-refractivity contribution in [3.8, 4) is 5.75 Å². The number of hydrogen-bond acceptors (Lipinski definition) is 4. The van der Waals surface area contributed by atoms with Crippen LogP contribution in [0.15, 0.2) is 52.3 Å². The molecule has 156 valence electrons. The van der Waals surface area contributed by atoms with E-state index in [1.165, 1.54) is 31.0 Å². The van der Waals surface area contributed by atoms with E-state index in [0.717, 1.165) is 29.1 Å². The molecule has 0 saturated heterocycles. The molecule has 1 fully saturated rings. The number of carbonyl (C=O) groups is 2. The summed E-state index contributed by atoms with van der Waals surface area (Å²) in [6.07, 6.45) is 7.62. The second kappa shape index (κ2) is 8.96. The number of benzene rings is 2. The first-order chi connectivity index (χ1) is 14.5. The van der Waals surface area contributed by atoms with Crippen molar-refractivity contribution >= 4 is 35.3 Å². The molecule has 2 aromatic rings. The molecule has 0 aromatic heterocycles. The Morgan fingerprint density at radius 1 is 1.13 bits per heavy atom. The van der Waals surface area contributed by atoms with Crippen LogP contribution in [0.5, 0.6) is 5.75 Å². The Balaban J connectivity index is 1.51. The molecule has 1 aliphatic heterocycles. The Hall–Kier alpha value is -2.73. The van der Waals surface area contributed by atoms with Gasteiger partial charge in [0.15, 0.2) is 0 Å². The van der Waals surface area contributed by atoms with Crippen molar-refractivity contribution in [2.75, 3.05) is 19.5 Å². The minimum atomic E-state index is -0.159. The molecular formula is C24H26N2O3S. The number of carbonyl (C=O) groups excluding carboxylic acids is 2. The third kappa shape index (κ3) is 4.38. The predicted octanol–water partition coefficient (Wildman–Crippen LogP) is 5.19. The lowest BCUT2D eigenvalue weighted by Gasteiger charge is -2.31. The van der Waals surface area contributed by atoms with Crippen molar-refractivity contribution in [2.24, 2.45) is 0 Å². The van der Waals surface area contributed by atoms with Crippen molar-refractivity contribution in [2.45, 2.75) is 43.0 Å². The number of fused-ring (bicyclic) bond motifs is 1. The molecular weight excluding hydrogens is 396 g/mol. The quantitative estimate of drug-likeness (QED) is 0.690. The summed E-state index contributed by atoms with van der Waals surface area (Å²) in [5.74, 6) is 0.635. The highest BCUT2D eigenvalue weighted by atomic mass is 32.2. The fourth-order valence-electron chi connectivity index (χ4n) is 3.98. The van der Waals surface area contributed by atoms with E-state index in [1.807, 2.05) is 54.4 Å². The summed E-state index contributed by atoms with van der Waals surface area (Å²) in [7, 11) is 3.52. The number of nitrogens with zero attached hydrogens (tertiary/aromatic N) is 1. The largest absolute Gasteiger partial charge is 0.497 e. The lowest BCUT2D eigenvalue weighted by molar-refractivity contribution is -0.112. The summed E-state index contributed by atoms with van der Waals surface area (Å²) in [5.41, 5.74) is 2.24. The predicted molar refractivity (Wildman–Crippen MR) is 121 cm³/mol. The fourth-order valence-corrected chi connectivity index (χ4v) is 4.91. The molecule has 5 nitrogen and oxygen atoms in total. The number of rotatable bonds is 4. The van der Waals surface area contributed by atoms with Gasteiger partial charge in [-0.3, -0.25) is 9.59 Å². The normalized spacial score (nSPS) is 17.9. The second-order valence-electron chi connectivity index (χ2n) is 7.76. The van der Waals surface area contributed by atoms with Crippen molar-refractivity contribution in [3.05, 3.63) is 58.5 Å². The van der Waals surface area contributed by atoms with Gasteiger partial charge in [0, 0.05) is 23.5 Å². The van der Waals surface area contributed by atoms with Crippen LogP contribution in [-0.2, 0) is 4.79 Å². The molecule has 30 heavy (non-hydrogen) atoms. The molecule has 4 rings (SSSR count). The Morgan fingerprint density at radius 2 is 1.87 bits per heavy atom. The molecule has 1 N–H and O–H groups in total. The van der Waals surface area contributed by atoms with Crippen molar-refractivity contribution in [3.63, 3.8) is 0 Å². The number of thioether (sulfide) groups is 1. The minimum absolute atomic E-state index is 0.0171. The van der Waals surface area contributed by atoms with Crippen LogP contribution in [0.4, 0.5) is 5.69 Å². The van der Waals surface area contributed by atoms with Crippen molar-refractivity contribution in [1.82, 2.24) is 4.90 Å². The molecule has 0 radical (unpaired) electrons. The van der Waals surface area contributed by atoms with Crippen LogP contribution in [0.1, 0.15) is 48.0 Å². The van der Waals surface area contributed by atoms with Crippen LogP contribution in [0.25, 0.3) is 6.08 Å². The van der Waals surface area contributed by atoms with E-state index in [0.29, 0.717) is 22.2 Å². The van der Waals surface area contributed by atoms with Crippen molar-refractivity contribution in [1.29, 1.82) is 0 Å². The van der Waals surface area contributed by atoms with E-state index < -0.39 is 0 Å². The summed E-state index contributed by atoms with van der Waals surface area (Å²) in [6.45, 7) is 0. The average molecular weight is 423 g/mol. The Labute approximate surface area is 181 Å². The third-order valence-electron chi connectivity index (χ3n) is 5.77. The van der Waals surface area contributed by atoms with Gasteiger partial charge >= 0.3 is 0 Å². The molecule has 0 bridgehead atoms. The zero-order valence-corrected chi connectivity index (χ0v) is 18.1. The number of hydrogen-bond donors (Lipinski definition) is 1. The van der Waals surface area contributed by atoms with E-state index in [1.54, 1.807) is 13.2 Å². The molecule has 1 heterocycles. The van der Waals surface area contributed by atoms with Crippen LogP contribution >= 0.6 is 11.8 Å². The van der Waals surface area contributed by atoms with E-state index in [9.17, 15) is 9.59 Å². The Morgan fingerprint density at radius 3 is 2.57 bits per heavy atom. The van der Waals surface area contributed by atoms with Gasteiger partial charge in [-0.15, -0.1) is 0 Å². The average Bonchev–Trinajstić information content (AvgIpc) is 2.79. The number of anilines is 1. The summed E-state index contributed by atoms with van der Waals surface area (Å²) >= 11 is 1.42. The van der Waals surface area contributed by atoms with E-state index in [2.05, 4.69) is 5.32 Å². The topological polar surface area (TPSA) is 58.6 Å². The van der Waals surface area contributed by atoms with Gasteiger partial charge in [-0.1, -0.05) is 43.2 Å². The number of amides is 2. The molecule has 0 unspecified atom stereocenters. The SMILES string of the molecule is COc1ccc(C=C2Sc3ccc(C(=O)N(C)C4CCCCC4)cc3NC2=O)cc1. The second-order valence-corrected chi connectivity index (χ2v) is 8.84. The van der Waals surface area contributed by atoms with Crippen LogP contribution in [0, 0.1) is 0 Å². The smallest absolute Gasteiger partial charge is 0.262 e. The van der Waals surface area contributed by atoms with E-state index in [-0.39, 0.29) is 11.8 Å². The standard InChI is InChI=1S/C24H26N2O3S/c1-26(18-6-4-3-5-7-18)24(28)17-10-13-21-20(15-17)25-23(27)22(30-21)14-16-8-11-19(29-2)12-9-16/h8-15,18H,3-7H2,1-2H3,(H,25,27). The zero-order chi connectivity index (χ0) is 21.1. The first-order valence-corrected chi connectivity index (χ1v) is 11.1. The highest BCUT2D eigenvalue weighted by Crippen LogP contribution is 2.39. The van der Waals surface area contributed by atoms with Crippen LogP contribution in [-0.4, -0.2) is 36.9 Å². The molecule has 1 saturated carbocycles. The zero-order valence-electron chi connectivity index (χ0n) is 17.3. The highest BCUT2D eigenvalue weighted by molar-refractivity contribution is 8.04. The van der Waals surface area contributed by atoms with E-state index >= 15 is 0 Å². The number of ether oxygens (including phenoxy) is 1. The van der Waals surface area contributed by atoms with Gasteiger partial charge in [0.2, 0.25) is 0 Å². The third-order valence-corrected chi connectivity index (χ3v) is 6.87. The van der Waals surface area contributed by atoms with Gasteiger partial charge in [-0.2, -0.15) is 0 Å². The first kappa shape index (κ1) is 20.5. The lowest BCUT2D eigenvalue weighted by atomic mass is 9.94. The van der Waals surface area contributed by atoms with Gasteiger partial charge in [0.05, 0.1) is 17.7 Å². The molecule has 6 heteroatoms. The molecule has 2 amide bonds. The molecule has 2 aliphatic rings. The van der Waals surface area contributed by atoms with Crippen LogP contribution in [0.3, 0.4) is 0 Å². The summed E-state index contributed by atoms with van der Waals surface area (Å²) in [6, 6.07) is 13.4. The van der Waals surface area contributed by atoms with E-state index in [4.69, 9.17) is 4.74 Å². The van der Waals surface area contributed by atoms with Crippen LogP contribution < -0.4 is 10.1 Å². The van der Waals surface area contributed by atoms with Gasteiger partial charge in [-0.05, 0) is 54.8 Å². The van der Waals surface area contributed by atoms with Gasteiger partial charge in [-0.25, -0.2) is 0 Å². The maximum atomic E-state index is 13.0. The van der Waals surface area contributed by atoms with Gasteiger partial charge in [0.25, 0.3) is 11.8 Å².